The summed E-state index contributed by atoms with van der Waals surface area (Å²) < 4.78 is 33.5. The second-order valence-corrected chi connectivity index (χ2v) is 8.73. The molecule has 0 saturated carbocycles. The molecule has 0 bridgehead atoms. The number of carbonyl (C=O) groups is 1. The summed E-state index contributed by atoms with van der Waals surface area (Å²) in [7, 11) is -2.59. The Morgan fingerprint density at radius 2 is 1.77 bits per heavy atom. The first-order valence-electron chi connectivity index (χ1n) is 9.31. The van der Waals surface area contributed by atoms with Gasteiger partial charge in [-0.3, -0.25) is 9.10 Å². The molecule has 0 radical (unpaired) electrons. The van der Waals surface area contributed by atoms with E-state index in [1.807, 2.05) is 6.07 Å². The van der Waals surface area contributed by atoms with Crippen LogP contribution < -0.4 is 14.4 Å². The largest absolute Gasteiger partial charge is 0.495 e. The summed E-state index contributed by atoms with van der Waals surface area (Å²) in [6.07, 6.45) is 1.48. The molecule has 3 rings (SSSR count). The lowest BCUT2D eigenvalue weighted by Gasteiger charge is -2.25. The fourth-order valence-corrected chi connectivity index (χ4v) is 4.64. The third kappa shape index (κ3) is 4.90. The molecule has 0 atom stereocenters. The monoisotopic (exact) mass is 456 g/mol. The Morgan fingerprint density at radius 1 is 1.10 bits per heavy atom. The Labute approximate surface area is 186 Å². The molecule has 1 N–H and O–H groups in total. The molecule has 8 heteroatoms. The molecule has 0 spiro atoms. The predicted molar refractivity (Wildman–Crippen MR) is 124 cm³/mol. The average Bonchev–Trinajstić information content (AvgIpc) is 2.78. The second-order valence-electron chi connectivity index (χ2n) is 6.46. The van der Waals surface area contributed by atoms with E-state index in [1.54, 1.807) is 48.5 Å². The minimum absolute atomic E-state index is 0.0108. The summed E-state index contributed by atoms with van der Waals surface area (Å²) in [5, 5.41) is 2.85. The molecule has 3 aromatic rings. The molecule has 0 aliphatic heterocycles. The molecule has 0 aliphatic carbocycles. The van der Waals surface area contributed by atoms with Gasteiger partial charge in [0.05, 0.1) is 34.8 Å². The number of hydrogen-bond donors (Lipinski definition) is 1. The van der Waals surface area contributed by atoms with Crippen LogP contribution in [0.1, 0.15) is 10.4 Å². The van der Waals surface area contributed by atoms with Crippen molar-refractivity contribution in [1.29, 1.82) is 0 Å². The number of nitrogens with one attached hydrogen (secondary N) is 1. The maximum Gasteiger partial charge on any atom is 0.264 e. The number of nitrogens with zero attached hydrogens (tertiary/aromatic N) is 1. The molecule has 0 aliphatic rings. The molecule has 0 saturated heterocycles. The Morgan fingerprint density at radius 3 is 2.45 bits per heavy atom. The van der Waals surface area contributed by atoms with Crippen molar-refractivity contribution in [2.45, 2.75) is 4.90 Å². The highest BCUT2D eigenvalue weighted by molar-refractivity contribution is 7.92. The van der Waals surface area contributed by atoms with Crippen molar-refractivity contribution in [3.8, 4) is 5.75 Å². The zero-order valence-electron chi connectivity index (χ0n) is 16.8. The standard InChI is InChI=1S/C23H21ClN2O4S/c1-3-15-26(21-11-7-8-12-22(21)30-2)31(28,29)18-13-14-20(24)19(16-18)23(27)25-17-9-5-4-6-10-17/h3-14,16H,1,15H2,2H3,(H,25,27). The smallest absolute Gasteiger partial charge is 0.264 e. The maximum atomic E-state index is 13.5. The van der Waals surface area contributed by atoms with Gasteiger partial charge in [-0.1, -0.05) is 48.0 Å². The maximum absolute atomic E-state index is 13.5. The van der Waals surface area contributed by atoms with E-state index in [0.29, 0.717) is 17.1 Å². The van der Waals surface area contributed by atoms with Crippen LogP contribution in [-0.4, -0.2) is 28.0 Å². The summed E-state index contributed by atoms with van der Waals surface area (Å²) in [5.74, 6) is -0.121. The van der Waals surface area contributed by atoms with Gasteiger partial charge in [0.2, 0.25) is 0 Å². The first kappa shape index (κ1) is 22.4. The van der Waals surface area contributed by atoms with Crippen LogP contribution in [0.4, 0.5) is 11.4 Å². The fraction of sp³-hybridized carbons (Fsp3) is 0.0870. The molecule has 1 amide bonds. The average molecular weight is 457 g/mol. The van der Waals surface area contributed by atoms with Crippen LogP contribution in [0.2, 0.25) is 5.02 Å². The van der Waals surface area contributed by atoms with Gasteiger partial charge in [-0.25, -0.2) is 8.42 Å². The lowest BCUT2D eigenvalue weighted by atomic mass is 10.2. The summed E-state index contributed by atoms with van der Waals surface area (Å²) in [5.41, 5.74) is 0.972. The Balaban J connectivity index is 2.03. The van der Waals surface area contributed by atoms with Gasteiger partial charge in [0, 0.05) is 5.69 Å². The van der Waals surface area contributed by atoms with Crippen LogP contribution >= 0.6 is 11.6 Å². The van der Waals surface area contributed by atoms with Crippen LogP contribution in [0.25, 0.3) is 0 Å². The van der Waals surface area contributed by atoms with Gasteiger partial charge in [0.15, 0.2) is 0 Å². The van der Waals surface area contributed by atoms with Gasteiger partial charge >= 0.3 is 0 Å². The number of benzene rings is 3. The number of halogens is 1. The van der Waals surface area contributed by atoms with Gasteiger partial charge in [0.25, 0.3) is 15.9 Å². The highest BCUT2D eigenvalue weighted by atomic mass is 35.5. The normalized spacial score (nSPS) is 10.9. The number of carbonyl (C=O) groups excluding carboxylic acids is 1. The fourth-order valence-electron chi connectivity index (χ4n) is 2.97. The van der Waals surface area contributed by atoms with E-state index >= 15 is 0 Å². The van der Waals surface area contributed by atoms with E-state index in [0.717, 1.165) is 0 Å². The summed E-state index contributed by atoms with van der Waals surface area (Å²) in [6, 6.07) is 19.6. The minimum atomic E-state index is -4.05. The van der Waals surface area contributed by atoms with E-state index in [2.05, 4.69) is 11.9 Å². The molecular weight excluding hydrogens is 436 g/mol. The third-order valence-electron chi connectivity index (χ3n) is 4.45. The van der Waals surface area contributed by atoms with E-state index in [9.17, 15) is 13.2 Å². The van der Waals surface area contributed by atoms with Crippen molar-refractivity contribution in [3.05, 3.63) is 96.0 Å². The molecular formula is C23H21ClN2O4S. The van der Waals surface area contributed by atoms with Crippen molar-refractivity contribution < 1.29 is 17.9 Å². The number of para-hydroxylation sites is 3. The number of methoxy groups -OCH3 is 1. The van der Waals surface area contributed by atoms with E-state index in [4.69, 9.17) is 16.3 Å². The highest BCUT2D eigenvalue weighted by Gasteiger charge is 2.28. The van der Waals surface area contributed by atoms with Gasteiger partial charge in [-0.2, -0.15) is 0 Å². The molecule has 31 heavy (non-hydrogen) atoms. The molecule has 0 heterocycles. The van der Waals surface area contributed by atoms with Crippen LogP contribution in [0, 0.1) is 0 Å². The van der Waals surface area contributed by atoms with Crippen molar-refractivity contribution in [2.24, 2.45) is 0 Å². The number of ether oxygens (including phenoxy) is 1. The second kappa shape index (κ2) is 9.68. The number of amides is 1. The first-order valence-corrected chi connectivity index (χ1v) is 11.1. The SMILES string of the molecule is C=CCN(c1ccccc1OC)S(=O)(=O)c1ccc(Cl)c(C(=O)Nc2ccccc2)c1. The Hall–Kier alpha value is -3.29. The number of hydrogen-bond acceptors (Lipinski definition) is 4. The predicted octanol–water partition coefficient (Wildman–Crippen LogP) is 4.98. The quantitative estimate of drug-likeness (QED) is 0.485. The van der Waals surface area contributed by atoms with Crippen LogP contribution in [0.15, 0.2) is 90.3 Å². The zero-order chi connectivity index (χ0) is 22.4. The van der Waals surface area contributed by atoms with E-state index in [1.165, 1.54) is 35.7 Å². The van der Waals surface area contributed by atoms with E-state index < -0.39 is 15.9 Å². The van der Waals surface area contributed by atoms with Crippen molar-refractivity contribution >= 4 is 38.9 Å². The molecule has 6 nitrogen and oxygen atoms in total. The Kier molecular flexibility index (Phi) is 6.99. The number of rotatable bonds is 8. The van der Waals surface area contributed by atoms with Gasteiger partial charge in [-0.05, 0) is 42.5 Å². The molecule has 3 aromatic carbocycles. The summed E-state index contributed by atoms with van der Waals surface area (Å²) in [4.78, 5) is 12.7. The van der Waals surface area contributed by atoms with Crippen LogP contribution in [0.5, 0.6) is 5.75 Å². The van der Waals surface area contributed by atoms with Gasteiger partial charge in [-0.15, -0.1) is 6.58 Å². The Bertz CT molecular complexity index is 1200. The lowest BCUT2D eigenvalue weighted by Crippen LogP contribution is -2.31. The first-order chi connectivity index (χ1) is 14.9. The van der Waals surface area contributed by atoms with Crippen molar-refractivity contribution in [1.82, 2.24) is 0 Å². The highest BCUT2D eigenvalue weighted by Crippen LogP contribution is 2.33. The van der Waals surface area contributed by atoms with E-state index in [-0.39, 0.29) is 22.0 Å². The van der Waals surface area contributed by atoms with Gasteiger partial charge in [0.1, 0.15) is 5.75 Å². The summed E-state index contributed by atoms with van der Waals surface area (Å²) >= 11 is 6.21. The topological polar surface area (TPSA) is 75.7 Å². The number of sulfonamides is 1. The molecule has 0 aromatic heterocycles. The van der Waals surface area contributed by atoms with Crippen molar-refractivity contribution in [2.75, 3.05) is 23.3 Å². The van der Waals surface area contributed by atoms with Crippen LogP contribution in [0.3, 0.4) is 0 Å². The third-order valence-corrected chi connectivity index (χ3v) is 6.56. The summed E-state index contributed by atoms with van der Waals surface area (Å²) in [6.45, 7) is 3.67. The lowest BCUT2D eigenvalue weighted by molar-refractivity contribution is 0.102. The minimum Gasteiger partial charge on any atom is -0.495 e. The zero-order valence-corrected chi connectivity index (χ0v) is 18.4. The van der Waals surface area contributed by atoms with Gasteiger partial charge < -0.3 is 10.1 Å². The van der Waals surface area contributed by atoms with Crippen LogP contribution in [-0.2, 0) is 10.0 Å². The molecule has 0 unspecified atom stereocenters. The molecule has 0 fully saturated rings. The van der Waals surface area contributed by atoms with Crippen molar-refractivity contribution in [3.63, 3.8) is 0 Å². The number of anilines is 2. The molecule has 160 valence electrons.